The number of anilines is 1. The van der Waals surface area contributed by atoms with Crippen molar-refractivity contribution in [3.8, 4) is 5.75 Å². The molecule has 2 heteroatoms. The minimum Gasteiger partial charge on any atom is -0.507 e. The van der Waals surface area contributed by atoms with E-state index in [2.05, 4.69) is 35.6 Å². The highest BCUT2D eigenvalue weighted by Gasteiger charge is 2.41. The van der Waals surface area contributed by atoms with Crippen molar-refractivity contribution in [2.45, 2.75) is 32.2 Å². The molecule has 2 aromatic rings. The largest absolute Gasteiger partial charge is 0.507 e. The maximum absolute atomic E-state index is 10.2. The Labute approximate surface area is 113 Å². The Balaban J connectivity index is 1.96. The van der Waals surface area contributed by atoms with Crippen LogP contribution in [0, 0.1) is 13.8 Å². The van der Waals surface area contributed by atoms with E-state index in [4.69, 9.17) is 0 Å². The summed E-state index contributed by atoms with van der Waals surface area (Å²) >= 11 is 0. The molecule has 2 aliphatic rings. The highest BCUT2D eigenvalue weighted by molar-refractivity contribution is 5.68. The first kappa shape index (κ1) is 10.9. The molecule has 0 aromatic heterocycles. The van der Waals surface area contributed by atoms with Crippen molar-refractivity contribution < 1.29 is 5.11 Å². The molecule has 1 aliphatic carbocycles. The summed E-state index contributed by atoms with van der Waals surface area (Å²) < 4.78 is 0. The number of nitrogens with one attached hydrogen (secondary N) is 1. The van der Waals surface area contributed by atoms with E-state index < -0.39 is 0 Å². The third-order valence-electron chi connectivity index (χ3n) is 4.66. The van der Waals surface area contributed by atoms with Crippen molar-refractivity contribution in [3.63, 3.8) is 0 Å². The minimum atomic E-state index is 0.401. The fraction of sp³-hybridized carbons (Fsp3) is 0.294. The fourth-order valence-electron chi connectivity index (χ4n) is 3.84. The second kappa shape index (κ2) is 3.53. The summed E-state index contributed by atoms with van der Waals surface area (Å²) in [4.78, 5) is 0. The maximum Gasteiger partial charge on any atom is 0.121 e. The second-order valence-electron chi connectivity index (χ2n) is 5.76. The van der Waals surface area contributed by atoms with Crippen molar-refractivity contribution in [2.75, 3.05) is 5.32 Å². The average Bonchev–Trinajstić information content (AvgIpc) is 2.91. The van der Waals surface area contributed by atoms with Crippen LogP contribution in [0.15, 0.2) is 30.3 Å². The van der Waals surface area contributed by atoms with Crippen LogP contribution in [0.4, 0.5) is 5.69 Å². The molecule has 1 aliphatic heterocycles. The number of hydrogen-bond acceptors (Lipinski definition) is 2. The third kappa shape index (κ3) is 1.31. The van der Waals surface area contributed by atoms with Gasteiger partial charge in [-0.25, -0.2) is 0 Å². The molecular formula is C17H17NO. The smallest absolute Gasteiger partial charge is 0.121 e. The zero-order valence-corrected chi connectivity index (χ0v) is 11.2. The summed E-state index contributed by atoms with van der Waals surface area (Å²) in [5.74, 6) is 0.862. The van der Waals surface area contributed by atoms with Gasteiger partial charge < -0.3 is 10.4 Å². The van der Waals surface area contributed by atoms with Crippen LogP contribution in [0.5, 0.6) is 5.75 Å². The zero-order chi connectivity index (χ0) is 13.1. The normalized spacial score (nSPS) is 22.6. The van der Waals surface area contributed by atoms with Crippen LogP contribution in [0.25, 0.3) is 0 Å². The number of hydrogen-bond donors (Lipinski definition) is 2. The standard InChI is InChI=1S/C17H17NO/c1-9-7-11-8-14-16(15(11)10(2)17(9)19)12-5-3-4-6-13(12)18-14/h3-7,14,16,18-19H,8H2,1-2H3/t14-,16-/m1/s1. The number of fused-ring (bicyclic) bond motifs is 5. The summed E-state index contributed by atoms with van der Waals surface area (Å²) in [5, 5.41) is 13.8. The van der Waals surface area contributed by atoms with Crippen LogP contribution in [0.2, 0.25) is 0 Å². The first-order valence-corrected chi connectivity index (χ1v) is 6.84. The number of aromatic hydroxyl groups is 1. The molecule has 0 saturated heterocycles. The van der Waals surface area contributed by atoms with Gasteiger partial charge in [-0.05, 0) is 54.2 Å². The van der Waals surface area contributed by atoms with Crippen molar-refractivity contribution in [1.29, 1.82) is 0 Å². The highest BCUT2D eigenvalue weighted by atomic mass is 16.3. The summed E-state index contributed by atoms with van der Waals surface area (Å²) in [6.45, 7) is 4.03. The van der Waals surface area contributed by atoms with E-state index in [0.717, 1.165) is 17.5 Å². The van der Waals surface area contributed by atoms with Gasteiger partial charge in [-0.15, -0.1) is 0 Å². The SMILES string of the molecule is Cc1cc2c(c(C)c1O)[C@@H]1c3ccccc3N[C@@H]1C2. The molecule has 0 unspecified atom stereocenters. The molecule has 0 bridgehead atoms. The Kier molecular flexibility index (Phi) is 2.03. The number of benzene rings is 2. The van der Waals surface area contributed by atoms with Gasteiger partial charge in [0.2, 0.25) is 0 Å². The Morgan fingerprint density at radius 2 is 2.00 bits per heavy atom. The predicted molar refractivity (Wildman–Crippen MR) is 77.0 cm³/mol. The summed E-state index contributed by atoms with van der Waals surface area (Å²) in [7, 11) is 0. The van der Waals surface area contributed by atoms with Gasteiger partial charge in [-0.1, -0.05) is 24.3 Å². The van der Waals surface area contributed by atoms with Crippen molar-refractivity contribution in [1.82, 2.24) is 0 Å². The quantitative estimate of drug-likeness (QED) is 0.751. The molecule has 0 saturated carbocycles. The number of aryl methyl sites for hydroxylation is 1. The lowest BCUT2D eigenvalue weighted by atomic mass is 9.89. The summed E-state index contributed by atoms with van der Waals surface area (Å²) in [6, 6.07) is 11.1. The Morgan fingerprint density at radius 1 is 1.21 bits per heavy atom. The van der Waals surface area contributed by atoms with Gasteiger partial charge in [0.15, 0.2) is 0 Å². The molecule has 1 heterocycles. The molecule has 0 fully saturated rings. The van der Waals surface area contributed by atoms with E-state index in [-0.39, 0.29) is 0 Å². The van der Waals surface area contributed by atoms with Crippen LogP contribution in [-0.4, -0.2) is 11.1 Å². The Morgan fingerprint density at radius 3 is 2.84 bits per heavy atom. The van der Waals surface area contributed by atoms with Gasteiger partial charge in [0.1, 0.15) is 5.75 Å². The lowest BCUT2D eigenvalue weighted by Gasteiger charge is -2.15. The monoisotopic (exact) mass is 251 g/mol. The van der Waals surface area contributed by atoms with Crippen LogP contribution in [-0.2, 0) is 6.42 Å². The van der Waals surface area contributed by atoms with E-state index >= 15 is 0 Å². The van der Waals surface area contributed by atoms with Gasteiger partial charge in [-0.2, -0.15) is 0 Å². The van der Waals surface area contributed by atoms with Gasteiger partial charge in [-0.3, -0.25) is 0 Å². The molecule has 4 rings (SSSR count). The third-order valence-corrected chi connectivity index (χ3v) is 4.66. The van der Waals surface area contributed by atoms with Crippen LogP contribution in [0.3, 0.4) is 0 Å². The van der Waals surface area contributed by atoms with E-state index in [0.29, 0.717) is 17.7 Å². The lowest BCUT2D eigenvalue weighted by Crippen LogP contribution is -2.17. The number of para-hydroxylation sites is 1. The molecule has 2 N–H and O–H groups in total. The van der Waals surface area contributed by atoms with E-state index in [9.17, 15) is 5.11 Å². The molecule has 0 radical (unpaired) electrons. The Hall–Kier alpha value is -1.96. The lowest BCUT2D eigenvalue weighted by molar-refractivity contribution is 0.465. The Bertz CT molecular complexity index is 690. The van der Waals surface area contributed by atoms with E-state index in [1.54, 1.807) is 0 Å². The average molecular weight is 251 g/mol. The topological polar surface area (TPSA) is 32.3 Å². The molecule has 0 spiro atoms. The van der Waals surface area contributed by atoms with Crippen molar-refractivity contribution in [3.05, 3.63) is 58.1 Å². The van der Waals surface area contributed by atoms with Gasteiger partial charge >= 0.3 is 0 Å². The number of phenols is 1. The van der Waals surface area contributed by atoms with Crippen LogP contribution in [0.1, 0.15) is 33.7 Å². The molecule has 2 aromatic carbocycles. The maximum atomic E-state index is 10.2. The molecule has 96 valence electrons. The zero-order valence-electron chi connectivity index (χ0n) is 11.2. The van der Waals surface area contributed by atoms with Crippen LogP contribution < -0.4 is 5.32 Å². The van der Waals surface area contributed by atoms with E-state index in [1.165, 1.54) is 22.4 Å². The summed E-state index contributed by atoms with van der Waals surface area (Å²) in [6.07, 6.45) is 1.05. The number of rotatable bonds is 0. The molecular weight excluding hydrogens is 234 g/mol. The number of phenolic OH excluding ortho intramolecular Hbond substituents is 1. The van der Waals surface area contributed by atoms with Crippen molar-refractivity contribution in [2.24, 2.45) is 0 Å². The second-order valence-corrected chi connectivity index (χ2v) is 5.76. The van der Waals surface area contributed by atoms with Crippen LogP contribution >= 0.6 is 0 Å². The molecule has 0 amide bonds. The summed E-state index contributed by atoms with van der Waals surface area (Å²) in [5.41, 5.74) is 7.40. The first-order valence-electron chi connectivity index (χ1n) is 6.84. The predicted octanol–water partition coefficient (Wildman–Crippen LogP) is 3.49. The molecule has 2 nitrogen and oxygen atoms in total. The van der Waals surface area contributed by atoms with E-state index in [1.807, 2.05) is 13.8 Å². The molecule has 2 atom stereocenters. The minimum absolute atomic E-state index is 0.401. The van der Waals surface area contributed by atoms with Crippen molar-refractivity contribution >= 4 is 5.69 Å². The fourth-order valence-corrected chi connectivity index (χ4v) is 3.84. The van der Waals surface area contributed by atoms with Gasteiger partial charge in [0, 0.05) is 17.6 Å². The molecule has 19 heavy (non-hydrogen) atoms. The van der Waals surface area contributed by atoms with Gasteiger partial charge in [0.25, 0.3) is 0 Å². The first-order chi connectivity index (χ1) is 9.16. The van der Waals surface area contributed by atoms with Gasteiger partial charge in [0.05, 0.1) is 0 Å². The highest BCUT2D eigenvalue weighted by Crippen LogP contribution is 2.50.